The van der Waals surface area contributed by atoms with Gasteiger partial charge in [-0.3, -0.25) is 9.88 Å². The third-order valence-corrected chi connectivity index (χ3v) is 10.0. The number of carbonyl (C=O) groups excluding carboxylic acids is 1. The minimum absolute atomic E-state index is 0.0142. The van der Waals surface area contributed by atoms with Crippen LogP contribution < -0.4 is 9.64 Å². The van der Waals surface area contributed by atoms with Crippen LogP contribution in [0.4, 0.5) is 15.0 Å². The number of likely N-dealkylation sites (N-methyl/N-ethyl adjacent to an activating group) is 1. The van der Waals surface area contributed by atoms with Crippen LogP contribution in [0.2, 0.25) is 5.02 Å². The van der Waals surface area contributed by atoms with E-state index in [1.54, 1.807) is 30.3 Å². The van der Waals surface area contributed by atoms with E-state index < -0.39 is 18.0 Å². The van der Waals surface area contributed by atoms with Crippen LogP contribution in [0.5, 0.6) is 6.01 Å². The van der Waals surface area contributed by atoms with Crippen molar-refractivity contribution < 1.29 is 23.4 Å². The van der Waals surface area contributed by atoms with E-state index in [4.69, 9.17) is 30.8 Å². The lowest BCUT2D eigenvalue weighted by Gasteiger charge is -2.40. The van der Waals surface area contributed by atoms with Crippen LogP contribution in [-0.2, 0) is 16.1 Å². The minimum Gasteiger partial charge on any atom is -0.462 e. The highest BCUT2D eigenvalue weighted by atomic mass is 35.5. The second kappa shape index (κ2) is 15.0. The van der Waals surface area contributed by atoms with Crippen LogP contribution >= 0.6 is 11.6 Å². The van der Waals surface area contributed by atoms with Crippen LogP contribution in [-0.4, -0.2) is 96.0 Å². The maximum absolute atomic E-state index is 16.8. The first-order valence-corrected chi connectivity index (χ1v) is 17.2. The van der Waals surface area contributed by atoms with Gasteiger partial charge in [-0.2, -0.15) is 15.2 Å². The Labute approximate surface area is 300 Å². The van der Waals surface area contributed by atoms with Crippen LogP contribution in [0.3, 0.4) is 0 Å². The molecule has 2 aliphatic heterocycles. The van der Waals surface area contributed by atoms with Gasteiger partial charge < -0.3 is 24.0 Å². The molecule has 0 N–H and O–H groups in total. The number of benzene rings is 3. The molecule has 0 radical (unpaired) electrons. The Kier molecular flexibility index (Phi) is 10.1. The molecule has 7 rings (SSSR count). The summed E-state index contributed by atoms with van der Waals surface area (Å²) in [5.41, 5.74) is 1.54. The molecule has 2 aliphatic rings. The van der Waals surface area contributed by atoms with E-state index in [0.29, 0.717) is 33.7 Å². The molecule has 0 aliphatic carbocycles. The number of pyridine rings is 1. The molecule has 3 aromatic carbocycles. The number of hydrogen-bond donors (Lipinski definition) is 0. The van der Waals surface area contributed by atoms with E-state index in [0.717, 1.165) is 23.9 Å². The molecule has 13 heteroatoms. The fraction of sp³-hybridized carbons (Fsp3) is 0.342. The van der Waals surface area contributed by atoms with Crippen molar-refractivity contribution in [2.45, 2.75) is 37.6 Å². The van der Waals surface area contributed by atoms with Gasteiger partial charge >= 0.3 is 12.1 Å². The number of amides is 1. The number of nitrogens with zero attached hydrogens (tertiary/aromatic N) is 7. The normalized spacial score (nSPS) is 19.4. The van der Waals surface area contributed by atoms with E-state index in [2.05, 4.69) is 20.9 Å². The van der Waals surface area contributed by atoms with Gasteiger partial charge in [0, 0.05) is 61.5 Å². The summed E-state index contributed by atoms with van der Waals surface area (Å²) in [6.07, 6.45) is 1.99. The Hall–Kier alpha value is -5.09. The third-order valence-electron chi connectivity index (χ3n) is 9.69. The van der Waals surface area contributed by atoms with Crippen molar-refractivity contribution in [3.63, 3.8) is 0 Å². The van der Waals surface area contributed by atoms with Crippen LogP contribution in [0.15, 0.2) is 72.9 Å². The number of ether oxygens (including phenoxy) is 3. The van der Waals surface area contributed by atoms with Crippen LogP contribution in [0.25, 0.3) is 32.9 Å². The van der Waals surface area contributed by atoms with Crippen molar-refractivity contribution in [1.82, 2.24) is 24.8 Å². The van der Waals surface area contributed by atoms with Gasteiger partial charge in [-0.05, 0) is 30.5 Å². The lowest BCUT2D eigenvalue weighted by Crippen LogP contribution is -2.55. The molecule has 51 heavy (non-hydrogen) atoms. The predicted octanol–water partition coefficient (Wildman–Crippen LogP) is 6.48. The number of likely N-dealkylation sites (tertiary alicyclic amines) is 1. The minimum atomic E-state index is -0.637. The number of nitriles is 1. The SMILES string of the molecule is CO[C@@H]1C[C@@H](COc2nc(N3CCN(C(=O)OCc4ccccc4)[C@@H](CC#N)C3)c3cnc(-c4cccc5cccc(Cl)c45)c(F)c3n2)N(C)C1. The van der Waals surface area contributed by atoms with Gasteiger partial charge in [0.1, 0.15) is 30.2 Å². The summed E-state index contributed by atoms with van der Waals surface area (Å²) in [4.78, 5) is 32.9. The third kappa shape index (κ3) is 7.10. The number of carbonyl (C=O) groups is 1. The molecule has 2 saturated heterocycles. The largest absolute Gasteiger partial charge is 0.462 e. The Bertz CT molecular complexity index is 2090. The number of rotatable bonds is 9. The Morgan fingerprint density at radius 2 is 1.84 bits per heavy atom. The number of aromatic nitrogens is 3. The fourth-order valence-electron chi connectivity index (χ4n) is 6.94. The zero-order valence-electron chi connectivity index (χ0n) is 28.3. The highest BCUT2D eigenvalue weighted by Gasteiger charge is 2.34. The molecule has 11 nitrogen and oxygen atoms in total. The van der Waals surface area contributed by atoms with Gasteiger partial charge in [0.25, 0.3) is 0 Å². The number of halogens is 2. The number of hydrogen-bond acceptors (Lipinski definition) is 10. The summed E-state index contributed by atoms with van der Waals surface area (Å²) >= 11 is 6.62. The number of fused-ring (bicyclic) bond motifs is 2. The van der Waals surface area contributed by atoms with Crippen molar-refractivity contribution in [3.05, 3.63) is 89.3 Å². The molecule has 3 atom stereocenters. The number of anilines is 1. The maximum Gasteiger partial charge on any atom is 0.410 e. The summed E-state index contributed by atoms with van der Waals surface area (Å²) in [6.45, 7) is 2.02. The van der Waals surface area contributed by atoms with Gasteiger partial charge in [0.2, 0.25) is 0 Å². The van der Waals surface area contributed by atoms with E-state index in [1.165, 1.54) is 0 Å². The topological polar surface area (TPSA) is 117 Å². The van der Waals surface area contributed by atoms with Gasteiger partial charge in [-0.15, -0.1) is 0 Å². The van der Waals surface area contributed by atoms with Gasteiger partial charge in [-0.25, -0.2) is 9.18 Å². The summed E-state index contributed by atoms with van der Waals surface area (Å²) in [5.74, 6) is -0.235. The zero-order chi connectivity index (χ0) is 35.5. The van der Waals surface area contributed by atoms with Crippen molar-refractivity contribution >= 4 is 45.2 Å². The summed E-state index contributed by atoms with van der Waals surface area (Å²) in [5, 5.41) is 12.1. The molecule has 1 amide bonds. The number of methoxy groups -OCH3 is 1. The van der Waals surface area contributed by atoms with E-state index >= 15 is 4.39 Å². The van der Waals surface area contributed by atoms with E-state index in [-0.39, 0.29) is 62.1 Å². The molecule has 0 unspecified atom stereocenters. The molecular formula is C38H37ClFN7O4. The quantitative estimate of drug-likeness (QED) is 0.168. The summed E-state index contributed by atoms with van der Waals surface area (Å²) < 4.78 is 34.2. The van der Waals surface area contributed by atoms with E-state index in [9.17, 15) is 10.1 Å². The lowest BCUT2D eigenvalue weighted by molar-refractivity contribution is 0.0768. The first-order valence-electron chi connectivity index (χ1n) is 16.8. The molecule has 2 aromatic heterocycles. The van der Waals surface area contributed by atoms with Crippen molar-refractivity contribution in [1.29, 1.82) is 5.26 Å². The Morgan fingerprint density at radius 1 is 1.04 bits per heavy atom. The van der Waals surface area contributed by atoms with Crippen molar-refractivity contribution in [3.8, 4) is 23.3 Å². The fourth-order valence-corrected chi connectivity index (χ4v) is 7.23. The molecule has 0 bridgehead atoms. The summed E-state index contributed by atoms with van der Waals surface area (Å²) in [6, 6.07) is 22.3. The number of piperazine rings is 1. The van der Waals surface area contributed by atoms with Crippen molar-refractivity contribution in [2.24, 2.45) is 0 Å². The Balaban J connectivity index is 1.24. The highest BCUT2D eigenvalue weighted by Crippen LogP contribution is 2.38. The molecule has 4 heterocycles. The monoisotopic (exact) mass is 709 g/mol. The van der Waals surface area contributed by atoms with Crippen LogP contribution in [0.1, 0.15) is 18.4 Å². The predicted molar refractivity (Wildman–Crippen MR) is 192 cm³/mol. The maximum atomic E-state index is 16.8. The second-order valence-corrected chi connectivity index (χ2v) is 13.3. The molecule has 2 fully saturated rings. The van der Waals surface area contributed by atoms with Gasteiger partial charge in [-0.1, -0.05) is 72.3 Å². The highest BCUT2D eigenvalue weighted by molar-refractivity contribution is 6.36. The molecule has 262 valence electrons. The van der Waals surface area contributed by atoms with E-state index in [1.807, 2.05) is 66.5 Å². The van der Waals surface area contributed by atoms with Crippen molar-refractivity contribution in [2.75, 3.05) is 51.8 Å². The lowest BCUT2D eigenvalue weighted by atomic mass is 10.0. The zero-order valence-corrected chi connectivity index (χ0v) is 29.1. The molecular weight excluding hydrogens is 673 g/mol. The first-order chi connectivity index (χ1) is 24.8. The van der Waals surface area contributed by atoms with Crippen LogP contribution in [0, 0.1) is 17.1 Å². The molecule has 0 saturated carbocycles. The Morgan fingerprint density at radius 3 is 2.61 bits per heavy atom. The second-order valence-electron chi connectivity index (χ2n) is 12.8. The van der Waals surface area contributed by atoms with Gasteiger partial charge in [0.15, 0.2) is 5.82 Å². The average molecular weight is 710 g/mol. The first kappa shape index (κ1) is 34.4. The molecule has 5 aromatic rings. The summed E-state index contributed by atoms with van der Waals surface area (Å²) in [7, 11) is 3.70. The smallest absolute Gasteiger partial charge is 0.410 e. The average Bonchev–Trinajstić information content (AvgIpc) is 3.52. The molecule has 0 spiro atoms. The standard InChI is InChI=1S/C38H37ClFN7O4/c1-45-21-28(49-2)18-27(45)23-50-37-43-35-30(19-42-34(33(35)40)29-12-6-10-25-11-7-13-31(39)32(25)29)36(44-37)46-16-17-47(26(20-46)14-15-41)38(48)51-22-24-8-4-3-5-9-24/h3-13,19,26-28H,14,16-18,20-23H2,1-2H3/t26-,27-,28+/m0/s1. The van der Waals surface area contributed by atoms with Gasteiger partial charge in [0.05, 0.1) is 30.0 Å².